The molecule has 3 aromatic rings. The molecule has 2 aliphatic rings. The summed E-state index contributed by atoms with van der Waals surface area (Å²) < 4.78 is 10.8. The molecule has 3 aromatic carbocycles. The van der Waals surface area contributed by atoms with Crippen molar-refractivity contribution in [2.24, 2.45) is 0 Å². The second-order valence-electron chi connectivity index (χ2n) is 9.53. The van der Waals surface area contributed by atoms with E-state index in [1.807, 2.05) is 36.4 Å². The predicted octanol–water partition coefficient (Wildman–Crippen LogP) is 4.16. The van der Waals surface area contributed by atoms with Crippen molar-refractivity contribution in [1.82, 2.24) is 10.2 Å². The number of rotatable bonds is 10. The Hall–Kier alpha value is -4.63. The maximum absolute atomic E-state index is 13.4. The molecule has 0 bridgehead atoms. The van der Waals surface area contributed by atoms with Crippen LogP contribution < -0.4 is 10.1 Å². The van der Waals surface area contributed by atoms with Crippen LogP contribution in [-0.4, -0.2) is 53.2 Å². The molecule has 2 heterocycles. The van der Waals surface area contributed by atoms with Crippen molar-refractivity contribution in [1.29, 1.82) is 0 Å². The number of esters is 1. The summed E-state index contributed by atoms with van der Waals surface area (Å²) in [5.41, 5.74) is 3.82. The first kappa shape index (κ1) is 27.9. The molecule has 2 atom stereocenters. The molecule has 8 nitrogen and oxygen atoms in total. The number of carbonyl (C=O) groups is 4. The lowest BCUT2D eigenvalue weighted by molar-refractivity contribution is -0.153. The molecule has 0 aromatic heterocycles. The molecule has 2 aliphatic heterocycles. The number of amides is 2. The summed E-state index contributed by atoms with van der Waals surface area (Å²) in [5, 5.41) is 2.42. The number of thioether (sulfide) groups is 1. The van der Waals surface area contributed by atoms with E-state index in [1.54, 1.807) is 61.7 Å². The second kappa shape index (κ2) is 12.7. The number of β-lactam (4-membered cyclic amide) rings is 1. The number of nitrogens with zero attached hydrogens (tertiary/aromatic N) is 1. The third-order valence-electron chi connectivity index (χ3n) is 6.79. The first-order valence-electron chi connectivity index (χ1n) is 13.0. The zero-order valence-corrected chi connectivity index (χ0v) is 23.1. The number of methoxy groups -OCH3 is 1. The fourth-order valence-corrected chi connectivity index (χ4v) is 5.91. The first-order chi connectivity index (χ1) is 20.0. The van der Waals surface area contributed by atoms with Gasteiger partial charge in [-0.25, -0.2) is 4.79 Å². The highest BCUT2D eigenvalue weighted by Crippen LogP contribution is 2.41. The molecule has 2 amide bonds. The lowest BCUT2D eigenvalue weighted by Gasteiger charge is -2.49. The molecular weight excluding hydrogens is 540 g/mol. The van der Waals surface area contributed by atoms with Crippen molar-refractivity contribution in [3.05, 3.63) is 118 Å². The summed E-state index contributed by atoms with van der Waals surface area (Å²) in [4.78, 5) is 51.8. The molecule has 0 spiro atoms. The van der Waals surface area contributed by atoms with E-state index >= 15 is 0 Å². The highest BCUT2D eigenvalue weighted by molar-refractivity contribution is 8.00. The van der Waals surface area contributed by atoms with E-state index in [2.05, 4.69) is 5.32 Å². The van der Waals surface area contributed by atoms with Crippen molar-refractivity contribution < 1.29 is 28.7 Å². The van der Waals surface area contributed by atoms with Gasteiger partial charge in [-0.15, -0.1) is 11.8 Å². The van der Waals surface area contributed by atoms with Crippen molar-refractivity contribution in [3.8, 4) is 5.75 Å². The van der Waals surface area contributed by atoms with Crippen LogP contribution in [0, 0.1) is 0 Å². The average Bonchev–Trinajstić information content (AvgIpc) is 3.02. The summed E-state index contributed by atoms with van der Waals surface area (Å²) in [6.07, 6.45) is 4.55. The fourth-order valence-electron chi connectivity index (χ4n) is 4.59. The Labute approximate surface area is 242 Å². The topological polar surface area (TPSA) is 102 Å². The number of fused-ring (bicyclic) bond motifs is 1. The van der Waals surface area contributed by atoms with Crippen LogP contribution in [0.3, 0.4) is 0 Å². The molecule has 0 saturated carbocycles. The number of hydrogen-bond acceptors (Lipinski definition) is 7. The van der Waals surface area contributed by atoms with E-state index in [0.717, 1.165) is 23.0 Å². The highest BCUT2D eigenvalue weighted by Gasteiger charge is 2.54. The third-order valence-corrected chi connectivity index (χ3v) is 8.10. The van der Waals surface area contributed by atoms with E-state index in [1.165, 1.54) is 16.7 Å². The van der Waals surface area contributed by atoms with Crippen LogP contribution in [0.4, 0.5) is 0 Å². The molecular formula is C32H28N2O6S. The molecule has 41 heavy (non-hydrogen) atoms. The van der Waals surface area contributed by atoms with E-state index in [-0.39, 0.29) is 30.5 Å². The van der Waals surface area contributed by atoms with Crippen LogP contribution >= 0.6 is 11.8 Å². The summed E-state index contributed by atoms with van der Waals surface area (Å²) in [6, 6.07) is 22.7. The van der Waals surface area contributed by atoms with Gasteiger partial charge in [0.05, 0.1) is 13.5 Å². The molecule has 208 valence electrons. The highest BCUT2D eigenvalue weighted by atomic mass is 32.2. The van der Waals surface area contributed by atoms with Crippen molar-refractivity contribution in [2.75, 3.05) is 12.9 Å². The fraction of sp³-hybridized carbons (Fsp3) is 0.188. The molecule has 1 saturated heterocycles. The second-order valence-corrected chi connectivity index (χ2v) is 10.6. The molecule has 9 heteroatoms. The van der Waals surface area contributed by atoms with E-state index in [9.17, 15) is 19.2 Å². The number of ether oxygens (including phenoxy) is 2. The minimum absolute atomic E-state index is 0.0214. The Balaban J connectivity index is 1.35. The van der Waals surface area contributed by atoms with E-state index < -0.39 is 17.4 Å². The minimum atomic E-state index is -0.734. The minimum Gasteiger partial charge on any atom is -0.497 e. The number of allylic oxidation sites excluding steroid dienone is 1. The number of carbonyl (C=O) groups excluding carboxylic acids is 4. The molecule has 0 aliphatic carbocycles. The Morgan fingerprint density at radius 1 is 0.951 bits per heavy atom. The van der Waals surface area contributed by atoms with Gasteiger partial charge in [-0.2, -0.15) is 0 Å². The first-order valence-corrected chi connectivity index (χ1v) is 14.1. The van der Waals surface area contributed by atoms with Gasteiger partial charge in [0, 0.05) is 11.3 Å². The smallest absolute Gasteiger partial charge is 0.355 e. The Kier molecular flexibility index (Phi) is 8.64. The number of hydrogen-bond donors (Lipinski definition) is 1. The standard InChI is InChI=1S/C32H28N2O6S/c1-39-26-15-12-24(13-16-26)19-40-32(38)29-25(14-11-21-7-9-23(18-35)10-8-21)20-41-31-28(30(37)34(29)31)33-27(36)17-22-5-3-2-4-6-22/h2-16,18,28,31H,17,19-20H2,1H3,(H,33,36)/b14-11+/t28-,31-/m1/s1. The van der Waals surface area contributed by atoms with Gasteiger partial charge < -0.3 is 14.8 Å². The Morgan fingerprint density at radius 3 is 2.34 bits per heavy atom. The van der Waals surface area contributed by atoms with Crippen LogP contribution in [0.5, 0.6) is 5.75 Å². The number of aldehydes is 1. The van der Waals surface area contributed by atoms with Gasteiger partial charge in [0.1, 0.15) is 35.8 Å². The monoisotopic (exact) mass is 568 g/mol. The molecule has 0 unspecified atom stereocenters. The third kappa shape index (κ3) is 6.41. The maximum Gasteiger partial charge on any atom is 0.355 e. The van der Waals surface area contributed by atoms with Gasteiger partial charge in [-0.05, 0) is 34.4 Å². The van der Waals surface area contributed by atoms with Crippen LogP contribution in [-0.2, 0) is 32.1 Å². The lowest BCUT2D eigenvalue weighted by Crippen LogP contribution is -2.70. The number of benzene rings is 3. The van der Waals surface area contributed by atoms with Crippen LogP contribution in [0.1, 0.15) is 27.0 Å². The SMILES string of the molecule is COc1ccc(COC(=O)C2=C(/C=C/c3ccc(C=O)cc3)CS[C@@H]3[C@H](NC(=O)Cc4ccccc4)C(=O)N23)cc1. The predicted molar refractivity (Wildman–Crippen MR) is 156 cm³/mol. The van der Waals surface area contributed by atoms with Crippen molar-refractivity contribution >= 4 is 41.9 Å². The van der Waals surface area contributed by atoms with E-state index in [0.29, 0.717) is 22.6 Å². The van der Waals surface area contributed by atoms with Gasteiger partial charge in [-0.3, -0.25) is 19.3 Å². The quantitative estimate of drug-likeness (QED) is 0.223. The Bertz CT molecular complexity index is 1500. The van der Waals surface area contributed by atoms with Crippen LogP contribution in [0.15, 0.2) is 96.2 Å². The van der Waals surface area contributed by atoms with Gasteiger partial charge in [-0.1, -0.05) is 78.9 Å². The van der Waals surface area contributed by atoms with Crippen LogP contribution in [0.2, 0.25) is 0 Å². The van der Waals surface area contributed by atoms with Crippen molar-refractivity contribution in [2.45, 2.75) is 24.4 Å². The molecule has 1 fully saturated rings. The zero-order valence-electron chi connectivity index (χ0n) is 22.3. The van der Waals surface area contributed by atoms with Crippen LogP contribution in [0.25, 0.3) is 6.08 Å². The van der Waals surface area contributed by atoms with Gasteiger partial charge in [0.2, 0.25) is 5.91 Å². The summed E-state index contributed by atoms with van der Waals surface area (Å²) in [7, 11) is 1.58. The Morgan fingerprint density at radius 2 is 1.66 bits per heavy atom. The average molecular weight is 569 g/mol. The van der Waals surface area contributed by atoms with Gasteiger partial charge in [0.15, 0.2) is 0 Å². The summed E-state index contributed by atoms with van der Waals surface area (Å²) >= 11 is 1.48. The largest absolute Gasteiger partial charge is 0.497 e. The van der Waals surface area contributed by atoms with E-state index in [4.69, 9.17) is 9.47 Å². The lowest BCUT2D eigenvalue weighted by atomic mass is 10.0. The summed E-state index contributed by atoms with van der Waals surface area (Å²) in [5.74, 6) is -0.109. The zero-order chi connectivity index (χ0) is 28.8. The normalized spacial score (nSPS) is 18.0. The van der Waals surface area contributed by atoms with Gasteiger partial charge in [0.25, 0.3) is 5.91 Å². The summed E-state index contributed by atoms with van der Waals surface area (Å²) in [6.45, 7) is 0.0214. The van der Waals surface area contributed by atoms with Gasteiger partial charge >= 0.3 is 5.97 Å². The number of nitrogens with one attached hydrogen (secondary N) is 1. The molecule has 1 N–H and O–H groups in total. The maximum atomic E-state index is 13.4. The molecule has 5 rings (SSSR count). The van der Waals surface area contributed by atoms with Crippen molar-refractivity contribution in [3.63, 3.8) is 0 Å². The molecule has 0 radical (unpaired) electrons.